The van der Waals surface area contributed by atoms with Crippen molar-refractivity contribution < 1.29 is 14.7 Å². The fourth-order valence-corrected chi connectivity index (χ4v) is 2.49. The number of aromatic carboxylic acids is 1. The molecule has 19 heavy (non-hydrogen) atoms. The number of carboxylic acid groups (broad SMARTS) is 1. The Balaban J connectivity index is 2.07. The van der Waals surface area contributed by atoms with E-state index in [1.165, 1.54) is 17.0 Å². The Bertz CT molecular complexity index is 617. The van der Waals surface area contributed by atoms with Crippen LogP contribution in [0.3, 0.4) is 0 Å². The summed E-state index contributed by atoms with van der Waals surface area (Å²) in [7, 11) is 3.49. The van der Waals surface area contributed by atoms with Crippen LogP contribution in [-0.4, -0.2) is 38.7 Å². The summed E-state index contributed by atoms with van der Waals surface area (Å²) in [5, 5.41) is 12.9. The number of rotatable bonds is 4. The summed E-state index contributed by atoms with van der Waals surface area (Å²) in [4.78, 5) is 25.0. The van der Waals surface area contributed by atoms with Gasteiger partial charge in [0.1, 0.15) is 4.88 Å². The fourth-order valence-electron chi connectivity index (χ4n) is 1.66. The van der Waals surface area contributed by atoms with E-state index in [4.69, 9.17) is 5.11 Å². The number of carbonyl (C=O) groups is 2. The van der Waals surface area contributed by atoms with Crippen LogP contribution in [0.25, 0.3) is 0 Å². The topological polar surface area (TPSA) is 75.4 Å². The Hall–Kier alpha value is -2.15. The molecule has 0 saturated carbocycles. The SMILES string of the molecule is CN(Cc1cnn(C)c1)C(=O)c1ccc(C(=O)O)s1. The minimum atomic E-state index is -1.01. The molecule has 0 spiro atoms. The quantitative estimate of drug-likeness (QED) is 0.919. The first kappa shape index (κ1) is 13.3. The molecule has 0 saturated heterocycles. The minimum absolute atomic E-state index is 0.165. The molecule has 2 heterocycles. The molecule has 6 nitrogen and oxygen atoms in total. The Morgan fingerprint density at radius 2 is 2.11 bits per heavy atom. The van der Waals surface area contributed by atoms with Gasteiger partial charge in [-0.1, -0.05) is 0 Å². The molecular formula is C12H13N3O3S. The Morgan fingerprint density at radius 1 is 1.42 bits per heavy atom. The van der Waals surface area contributed by atoms with Gasteiger partial charge in [0.15, 0.2) is 0 Å². The number of thiophene rings is 1. The van der Waals surface area contributed by atoms with E-state index in [-0.39, 0.29) is 10.8 Å². The molecule has 0 fully saturated rings. The number of aromatic nitrogens is 2. The van der Waals surface area contributed by atoms with Crippen molar-refractivity contribution in [1.82, 2.24) is 14.7 Å². The van der Waals surface area contributed by atoms with Crippen LogP contribution in [-0.2, 0) is 13.6 Å². The van der Waals surface area contributed by atoms with Crippen LogP contribution in [0.5, 0.6) is 0 Å². The average Bonchev–Trinajstić information content (AvgIpc) is 2.97. The lowest BCUT2D eigenvalue weighted by molar-refractivity contribution is 0.0701. The second kappa shape index (κ2) is 5.23. The fraction of sp³-hybridized carbons (Fsp3) is 0.250. The molecular weight excluding hydrogens is 266 g/mol. The lowest BCUT2D eigenvalue weighted by Gasteiger charge is -2.14. The molecule has 2 aromatic heterocycles. The zero-order valence-electron chi connectivity index (χ0n) is 10.5. The molecule has 0 aromatic carbocycles. The van der Waals surface area contributed by atoms with E-state index >= 15 is 0 Å². The van der Waals surface area contributed by atoms with E-state index in [0.29, 0.717) is 11.4 Å². The standard InChI is InChI=1S/C12H13N3O3S/c1-14(6-8-5-13-15(2)7-8)11(16)9-3-4-10(19-9)12(17)18/h3-5,7H,6H2,1-2H3,(H,17,18). The van der Waals surface area contributed by atoms with Gasteiger partial charge in [-0.05, 0) is 12.1 Å². The summed E-state index contributed by atoms with van der Waals surface area (Å²) >= 11 is 0.982. The largest absolute Gasteiger partial charge is 0.477 e. The van der Waals surface area contributed by atoms with Crippen LogP contribution in [0.15, 0.2) is 24.5 Å². The first-order chi connectivity index (χ1) is 8.97. The molecule has 100 valence electrons. The maximum absolute atomic E-state index is 12.1. The second-order valence-electron chi connectivity index (χ2n) is 4.15. The molecule has 0 bridgehead atoms. The lowest BCUT2D eigenvalue weighted by atomic mass is 10.3. The van der Waals surface area contributed by atoms with E-state index < -0.39 is 5.97 Å². The third kappa shape index (κ3) is 3.00. The molecule has 1 amide bonds. The van der Waals surface area contributed by atoms with E-state index in [1.807, 2.05) is 13.2 Å². The monoisotopic (exact) mass is 279 g/mol. The Morgan fingerprint density at radius 3 is 2.63 bits per heavy atom. The van der Waals surface area contributed by atoms with Crippen LogP contribution >= 0.6 is 11.3 Å². The maximum Gasteiger partial charge on any atom is 0.345 e. The highest BCUT2D eigenvalue weighted by atomic mass is 32.1. The highest BCUT2D eigenvalue weighted by Crippen LogP contribution is 2.18. The molecule has 7 heteroatoms. The molecule has 0 atom stereocenters. The van der Waals surface area contributed by atoms with E-state index in [2.05, 4.69) is 5.10 Å². The van der Waals surface area contributed by atoms with Gasteiger partial charge < -0.3 is 10.0 Å². The number of carboxylic acids is 1. The van der Waals surface area contributed by atoms with Crippen LogP contribution in [0.1, 0.15) is 24.9 Å². The van der Waals surface area contributed by atoms with Crippen LogP contribution in [0.2, 0.25) is 0 Å². The van der Waals surface area contributed by atoms with Crippen LogP contribution in [0, 0.1) is 0 Å². The smallest absolute Gasteiger partial charge is 0.345 e. The van der Waals surface area contributed by atoms with Crippen molar-refractivity contribution in [3.63, 3.8) is 0 Å². The van der Waals surface area contributed by atoms with Crippen LogP contribution in [0.4, 0.5) is 0 Å². The number of nitrogens with zero attached hydrogens (tertiary/aromatic N) is 3. The number of aryl methyl sites for hydroxylation is 1. The molecule has 0 aliphatic carbocycles. The first-order valence-electron chi connectivity index (χ1n) is 5.53. The zero-order chi connectivity index (χ0) is 14.0. The predicted octanol–water partition coefficient (Wildman–Crippen LogP) is 1.45. The second-order valence-corrected chi connectivity index (χ2v) is 5.24. The summed E-state index contributed by atoms with van der Waals surface area (Å²) in [5.74, 6) is -1.21. The lowest BCUT2D eigenvalue weighted by Crippen LogP contribution is -2.25. The summed E-state index contributed by atoms with van der Waals surface area (Å²) in [5.41, 5.74) is 0.924. The van der Waals surface area contributed by atoms with E-state index in [1.54, 1.807) is 17.9 Å². The van der Waals surface area contributed by atoms with Crippen molar-refractivity contribution in [3.8, 4) is 0 Å². The Kier molecular flexibility index (Phi) is 3.66. The van der Waals surface area contributed by atoms with Gasteiger partial charge in [-0.15, -0.1) is 11.3 Å². The van der Waals surface area contributed by atoms with Gasteiger partial charge in [-0.3, -0.25) is 9.48 Å². The van der Waals surface area contributed by atoms with Gasteiger partial charge in [0.2, 0.25) is 0 Å². The number of carbonyl (C=O) groups excluding carboxylic acids is 1. The molecule has 1 N–H and O–H groups in total. The number of hydrogen-bond acceptors (Lipinski definition) is 4. The maximum atomic E-state index is 12.1. The first-order valence-corrected chi connectivity index (χ1v) is 6.35. The van der Waals surface area contributed by atoms with Gasteiger partial charge in [0, 0.05) is 32.4 Å². The van der Waals surface area contributed by atoms with E-state index in [0.717, 1.165) is 16.9 Å². The summed E-state index contributed by atoms with van der Waals surface area (Å²) in [6.45, 7) is 0.437. The molecule has 0 aliphatic rings. The van der Waals surface area contributed by atoms with Gasteiger partial charge >= 0.3 is 5.97 Å². The van der Waals surface area contributed by atoms with Crippen molar-refractivity contribution in [1.29, 1.82) is 0 Å². The summed E-state index contributed by atoms with van der Waals surface area (Å²) in [6, 6.07) is 2.98. The van der Waals surface area contributed by atoms with E-state index in [9.17, 15) is 9.59 Å². The average molecular weight is 279 g/mol. The zero-order valence-corrected chi connectivity index (χ0v) is 11.3. The molecule has 2 aromatic rings. The molecule has 2 rings (SSSR count). The van der Waals surface area contributed by atoms with Gasteiger partial charge in [-0.25, -0.2) is 4.79 Å². The molecule has 0 radical (unpaired) electrons. The van der Waals surface area contributed by atoms with Gasteiger partial charge in [-0.2, -0.15) is 5.10 Å². The highest BCUT2D eigenvalue weighted by Gasteiger charge is 2.17. The molecule has 0 aliphatic heterocycles. The van der Waals surface area contributed by atoms with Crippen molar-refractivity contribution in [2.75, 3.05) is 7.05 Å². The van der Waals surface area contributed by atoms with Gasteiger partial charge in [0.05, 0.1) is 11.1 Å². The van der Waals surface area contributed by atoms with Crippen molar-refractivity contribution >= 4 is 23.2 Å². The number of hydrogen-bond donors (Lipinski definition) is 1. The highest BCUT2D eigenvalue weighted by molar-refractivity contribution is 7.15. The van der Waals surface area contributed by atoms with Crippen molar-refractivity contribution in [2.24, 2.45) is 7.05 Å². The minimum Gasteiger partial charge on any atom is -0.477 e. The summed E-state index contributed by atoms with van der Waals surface area (Å²) in [6.07, 6.45) is 3.53. The van der Waals surface area contributed by atoms with Crippen LogP contribution < -0.4 is 0 Å². The predicted molar refractivity (Wildman–Crippen MR) is 70.3 cm³/mol. The normalized spacial score (nSPS) is 10.4. The number of amides is 1. The van der Waals surface area contributed by atoms with Gasteiger partial charge in [0.25, 0.3) is 5.91 Å². The molecule has 0 unspecified atom stereocenters. The third-order valence-electron chi connectivity index (χ3n) is 2.55. The van der Waals surface area contributed by atoms with Crippen molar-refractivity contribution in [3.05, 3.63) is 39.8 Å². The third-order valence-corrected chi connectivity index (χ3v) is 3.61. The Labute approximate surface area is 113 Å². The summed E-state index contributed by atoms with van der Waals surface area (Å²) < 4.78 is 1.67. The van der Waals surface area contributed by atoms with Crippen molar-refractivity contribution in [2.45, 2.75) is 6.54 Å².